The molecular weight excluding hydrogens is 384 g/mol. The highest BCUT2D eigenvalue weighted by atomic mass is 32.1. The molecule has 1 amide bonds. The number of carbonyl (C=O) groups is 1. The summed E-state index contributed by atoms with van der Waals surface area (Å²) in [6.45, 7) is 4.87. The van der Waals surface area contributed by atoms with Crippen molar-refractivity contribution in [1.29, 1.82) is 0 Å². The van der Waals surface area contributed by atoms with Crippen molar-refractivity contribution in [2.75, 3.05) is 6.54 Å². The molecule has 1 aliphatic heterocycles. The van der Waals surface area contributed by atoms with Crippen molar-refractivity contribution in [1.82, 2.24) is 19.4 Å². The Morgan fingerprint density at radius 2 is 2.00 bits per heavy atom. The molecule has 3 aromatic heterocycles. The summed E-state index contributed by atoms with van der Waals surface area (Å²) in [6, 6.07) is 2.37. The molecule has 4 heterocycles. The first-order chi connectivity index (χ1) is 14.0. The zero-order valence-corrected chi connectivity index (χ0v) is 17.8. The number of pyridine rings is 1. The van der Waals surface area contributed by atoms with E-state index in [9.17, 15) is 9.59 Å². The van der Waals surface area contributed by atoms with Crippen LogP contribution in [0.15, 0.2) is 17.2 Å². The molecule has 0 spiro atoms. The summed E-state index contributed by atoms with van der Waals surface area (Å²) >= 11 is 1.38. The van der Waals surface area contributed by atoms with Crippen LogP contribution in [0.1, 0.15) is 49.8 Å². The van der Waals surface area contributed by atoms with E-state index in [-0.39, 0.29) is 18.0 Å². The SMILES string of the molecule is Cc1cc(C)c2c(n1)sc1c(=O)n(CC(=O)N3CCC[C@H]4CCCC[C@H]43)cnc12. The van der Waals surface area contributed by atoms with Crippen molar-refractivity contribution >= 4 is 37.7 Å². The number of thiophene rings is 1. The second-order valence-electron chi connectivity index (χ2n) is 8.56. The largest absolute Gasteiger partial charge is 0.338 e. The Hall–Kier alpha value is -2.28. The minimum atomic E-state index is -0.138. The van der Waals surface area contributed by atoms with Crippen LogP contribution in [-0.4, -0.2) is 37.9 Å². The summed E-state index contributed by atoms with van der Waals surface area (Å²) in [4.78, 5) is 38.3. The normalized spacial score (nSPS) is 22.2. The number of aromatic nitrogens is 3. The second kappa shape index (κ2) is 7.20. The maximum absolute atomic E-state index is 13.1. The average molecular weight is 411 g/mol. The van der Waals surface area contributed by atoms with Crippen LogP contribution in [-0.2, 0) is 11.3 Å². The fraction of sp³-hybridized carbons (Fsp3) is 0.545. The smallest absolute Gasteiger partial charge is 0.271 e. The van der Waals surface area contributed by atoms with Gasteiger partial charge in [0.05, 0.1) is 11.8 Å². The average Bonchev–Trinajstić information content (AvgIpc) is 3.09. The minimum absolute atomic E-state index is 0.0520. The van der Waals surface area contributed by atoms with E-state index < -0.39 is 0 Å². The van der Waals surface area contributed by atoms with Crippen LogP contribution in [0.3, 0.4) is 0 Å². The molecule has 0 bridgehead atoms. The number of piperidine rings is 1. The number of fused-ring (bicyclic) bond motifs is 4. The number of amides is 1. The predicted molar refractivity (Wildman–Crippen MR) is 115 cm³/mol. The third kappa shape index (κ3) is 3.16. The molecule has 1 saturated heterocycles. The number of aryl methyl sites for hydroxylation is 2. The summed E-state index contributed by atoms with van der Waals surface area (Å²) in [7, 11) is 0. The van der Waals surface area contributed by atoms with Crippen molar-refractivity contribution in [2.45, 2.75) is 65.0 Å². The molecule has 2 aliphatic rings. The molecular formula is C22H26N4O2S. The quantitative estimate of drug-likeness (QED) is 0.644. The topological polar surface area (TPSA) is 68.1 Å². The van der Waals surface area contributed by atoms with Gasteiger partial charge in [-0.2, -0.15) is 0 Å². The van der Waals surface area contributed by atoms with Crippen LogP contribution < -0.4 is 5.56 Å². The summed E-state index contributed by atoms with van der Waals surface area (Å²) in [5.41, 5.74) is 2.58. The van der Waals surface area contributed by atoms with E-state index in [1.165, 1.54) is 47.9 Å². The lowest BCUT2D eigenvalue weighted by atomic mass is 9.78. The molecule has 1 saturated carbocycles. The highest BCUT2D eigenvalue weighted by Gasteiger charge is 2.35. The van der Waals surface area contributed by atoms with Gasteiger partial charge < -0.3 is 4.90 Å². The summed E-state index contributed by atoms with van der Waals surface area (Å²) in [5.74, 6) is 0.690. The molecule has 0 N–H and O–H groups in total. The van der Waals surface area contributed by atoms with Gasteiger partial charge in [-0.05, 0) is 57.1 Å². The van der Waals surface area contributed by atoms with Gasteiger partial charge in [0.15, 0.2) is 0 Å². The Balaban J connectivity index is 1.48. The van der Waals surface area contributed by atoms with Crippen molar-refractivity contribution in [2.24, 2.45) is 5.92 Å². The Kier molecular flexibility index (Phi) is 4.65. The number of rotatable bonds is 2. The van der Waals surface area contributed by atoms with E-state index in [1.807, 2.05) is 24.8 Å². The van der Waals surface area contributed by atoms with Crippen LogP contribution >= 0.6 is 11.3 Å². The first-order valence-electron chi connectivity index (χ1n) is 10.6. The van der Waals surface area contributed by atoms with Crippen LogP contribution in [0, 0.1) is 19.8 Å². The standard InChI is InChI=1S/C22H26N4O2S/c1-13-10-14(2)24-21-18(13)19-20(29-21)22(28)25(12-23-19)11-17(27)26-9-5-7-15-6-3-4-8-16(15)26/h10,12,15-16H,3-9,11H2,1-2H3/t15-,16-/m1/s1. The van der Waals surface area contributed by atoms with Crippen molar-refractivity contribution < 1.29 is 4.79 Å². The van der Waals surface area contributed by atoms with Crippen LogP contribution in [0.25, 0.3) is 20.4 Å². The van der Waals surface area contributed by atoms with Crippen molar-refractivity contribution in [3.05, 3.63) is 34.0 Å². The monoisotopic (exact) mass is 410 g/mol. The van der Waals surface area contributed by atoms with Crippen LogP contribution in [0.5, 0.6) is 0 Å². The number of hydrogen-bond acceptors (Lipinski definition) is 5. The summed E-state index contributed by atoms with van der Waals surface area (Å²) in [6.07, 6.45) is 8.65. The Morgan fingerprint density at radius 1 is 1.21 bits per heavy atom. The first kappa shape index (κ1) is 18.7. The molecule has 0 aromatic carbocycles. The molecule has 152 valence electrons. The molecule has 6 nitrogen and oxygen atoms in total. The number of likely N-dealkylation sites (tertiary alicyclic amines) is 1. The first-order valence-corrected chi connectivity index (χ1v) is 11.4. The molecule has 3 aromatic rings. The molecule has 0 radical (unpaired) electrons. The third-order valence-corrected chi connectivity index (χ3v) is 7.67. The van der Waals surface area contributed by atoms with E-state index in [0.717, 1.165) is 40.9 Å². The Morgan fingerprint density at radius 3 is 2.86 bits per heavy atom. The summed E-state index contributed by atoms with van der Waals surface area (Å²) < 4.78 is 2.07. The zero-order valence-electron chi connectivity index (χ0n) is 17.0. The molecule has 29 heavy (non-hydrogen) atoms. The van der Waals surface area contributed by atoms with E-state index in [0.29, 0.717) is 22.2 Å². The lowest BCUT2D eigenvalue weighted by Crippen LogP contribution is -2.51. The minimum Gasteiger partial charge on any atom is -0.338 e. The number of carbonyl (C=O) groups excluding carboxylic acids is 1. The molecule has 5 rings (SSSR count). The van der Waals surface area contributed by atoms with E-state index in [2.05, 4.69) is 9.97 Å². The van der Waals surface area contributed by atoms with Crippen LogP contribution in [0.4, 0.5) is 0 Å². The van der Waals surface area contributed by atoms with Gasteiger partial charge in [-0.15, -0.1) is 11.3 Å². The van der Waals surface area contributed by atoms with Crippen LogP contribution in [0.2, 0.25) is 0 Å². The molecule has 2 fully saturated rings. The fourth-order valence-corrected chi connectivity index (χ4v) is 6.48. The third-order valence-electron chi connectivity index (χ3n) is 6.61. The van der Waals surface area contributed by atoms with Gasteiger partial charge in [0.25, 0.3) is 5.56 Å². The van der Waals surface area contributed by atoms with E-state index >= 15 is 0 Å². The summed E-state index contributed by atoms with van der Waals surface area (Å²) in [5, 5.41) is 0.951. The maximum atomic E-state index is 13.1. The highest BCUT2D eigenvalue weighted by molar-refractivity contribution is 7.25. The maximum Gasteiger partial charge on any atom is 0.271 e. The predicted octanol–water partition coefficient (Wildman–Crippen LogP) is 3.80. The van der Waals surface area contributed by atoms with E-state index in [4.69, 9.17) is 0 Å². The van der Waals surface area contributed by atoms with Gasteiger partial charge >= 0.3 is 0 Å². The van der Waals surface area contributed by atoms with Gasteiger partial charge in [-0.3, -0.25) is 14.2 Å². The number of hydrogen-bond donors (Lipinski definition) is 0. The zero-order chi connectivity index (χ0) is 20.1. The Bertz CT molecular complexity index is 1160. The van der Waals surface area contributed by atoms with Crippen molar-refractivity contribution in [3.63, 3.8) is 0 Å². The van der Waals surface area contributed by atoms with Gasteiger partial charge in [0, 0.05) is 23.7 Å². The Labute approximate surface area is 173 Å². The van der Waals surface area contributed by atoms with Gasteiger partial charge in [-0.25, -0.2) is 9.97 Å². The molecule has 7 heteroatoms. The number of nitrogens with zero attached hydrogens (tertiary/aromatic N) is 4. The highest BCUT2D eigenvalue weighted by Crippen LogP contribution is 2.35. The van der Waals surface area contributed by atoms with E-state index in [1.54, 1.807) is 0 Å². The van der Waals surface area contributed by atoms with Gasteiger partial charge in [-0.1, -0.05) is 12.8 Å². The van der Waals surface area contributed by atoms with Gasteiger partial charge in [0.2, 0.25) is 5.91 Å². The molecule has 0 unspecified atom stereocenters. The van der Waals surface area contributed by atoms with Crippen molar-refractivity contribution in [3.8, 4) is 0 Å². The molecule has 2 atom stereocenters. The van der Waals surface area contributed by atoms with Gasteiger partial charge in [0.1, 0.15) is 16.1 Å². The fourth-order valence-electron chi connectivity index (χ4n) is 5.28. The lowest BCUT2D eigenvalue weighted by molar-refractivity contribution is -0.138. The molecule has 1 aliphatic carbocycles. The second-order valence-corrected chi connectivity index (χ2v) is 9.56. The lowest BCUT2D eigenvalue weighted by Gasteiger charge is -2.44.